The molecule has 0 amide bonds. The molecule has 0 fully saturated rings. The third-order valence-electron chi connectivity index (χ3n) is 6.99. The molecule has 3 aromatic carbocycles. The van der Waals surface area contributed by atoms with Crippen molar-refractivity contribution in [1.29, 1.82) is 0 Å². The lowest BCUT2D eigenvalue weighted by atomic mass is 9.93. The number of benzene rings is 3. The number of nitrogens with zero attached hydrogens (tertiary/aromatic N) is 2. The van der Waals surface area contributed by atoms with Crippen LogP contribution in [0.5, 0.6) is 23.0 Å². The van der Waals surface area contributed by atoms with Crippen molar-refractivity contribution >= 4 is 51.7 Å². The van der Waals surface area contributed by atoms with Gasteiger partial charge in [0, 0.05) is 5.56 Å². The monoisotopic (exact) mass is 738 g/mol. The minimum absolute atomic E-state index is 0.153. The van der Waals surface area contributed by atoms with E-state index in [0.29, 0.717) is 50.2 Å². The second kappa shape index (κ2) is 14.2. The summed E-state index contributed by atoms with van der Waals surface area (Å²) in [4.78, 5) is 33.3. The van der Waals surface area contributed by atoms with Gasteiger partial charge >= 0.3 is 5.97 Å². The van der Waals surface area contributed by atoms with E-state index < -0.39 is 12.0 Å². The number of carbonyl (C=O) groups excluding carboxylic acids is 1. The molecule has 0 spiro atoms. The first-order valence-corrected chi connectivity index (χ1v) is 15.9. The van der Waals surface area contributed by atoms with E-state index in [1.54, 1.807) is 50.0 Å². The van der Waals surface area contributed by atoms with Crippen LogP contribution in [0.4, 0.5) is 0 Å². The van der Waals surface area contributed by atoms with Crippen LogP contribution in [0.15, 0.2) is 88.7 Å². The summed E-state index contributed by atoms with van der Waals surface area (Å²) in [5.41, 5.74) is 2.46. The summed E-state index contributed by atoms with van der Waals surface area (Å²) in [5.74, 6) is 1.53. The lowest BCUT2D eigenvalue weighted by molar-refractivity contribution is -0.138. The number of methoxy groups -OCH3 is 3. The van der Waals surface area contributed by atoms with Crippen molar-refractivity contribution in [1.82, 2.24) is 4.57 Å². The molecule has 0 saturated heterocycles. The molecule has 2 heterocycles. The molecule has 0 unspecified atom stereocenters. The fraction of sp³-hybridized carbons (Fsp3) is 0.206. The number of thiazole rings is 1. The quantitative estimate of drug-likeness (QED) is 0.120. The largest absolute Gasteiger partial charge is 0.493 e. The third kappa shape index (κ3) is 6.40. The maximum Gasteiger partial charge on any atom is 0.338 e. The van der Waals surface area contributed by atoms with E-state index in [1.807, 2.05) is 48.5 Å². The molecule has 1 aliphatic heterocycles. The molecule has 0 radical (unpaired) electrons. The average Bonchev–Trinajstić information content (AvgIpc) is 3.37. The number of fused-ring (bicyclic) bond motifs is 1. The summed E-state index contributed by atoms with van der Waals surface area (Å²) >= 11 is 3.41. The Morgan fingerprint density at radius 3 is 2.42 bits per heavy atom. The van der Waals surface area contributed by atoms with Gasteiger partial charge in [-0.2, -0.15) is 0 Å². The molecule has 0 bridgehead atoms. The highest BCUT2D eigenvalue weighted by Crippen LogP contribution is 2.39. The summed E-state index contributed by atoms with van der Waals surface area (Å²) in [6, 6.07) is 17.6. The molecule has 11 heteroatoms. The topological polar surface area (TPSA) is 97.6 Å². The van der Waals surface area contributed by atoms with Crippen molar-refractivity contribution in [3.63, 3.8) is 0 Å². The second-order valence-corrected chi connectivity index (χ2v) is 11.9. The van der Waals surface area contributed by atoms with E-state index in [9.17, 15) is 9.59 Å². The van der Waals surface area contributed by atoms with Gasteiger partial charge in [0.25, 0.3) is 5.56 Å². The van der Waals surface area contributed by atoms with Crippen LogP contribution in [0.2, 0.25) is 0 Å². The van der Waals surface area contributed by atoms with Gasteiger partial charge in [0.15, 0.2) is 27.8 Å². The Morgan fingerprint density at radius 2 is 1.76 bits per heavy atom. The minimum Gasteiger partial charge on any atom is -0.493 e. The molecular weight excluding hydrogens is 707 g/mol. The molecular formula is C34H31IN2O7S. The summed E-state index contributed by atoms with van der Waals surface area (Å²) < 4.78 is 30.8. The first-order chi connectivity index (χ1) is 21.8. The zero-order chi connectivity index (χ0) is 32.1. The van der Waals surface area contributed by atoms with E-state index in [2.05, 4.69) is 29.2 Å². The van der Waals surface area contributed by atoms with Gasteiger partial charge in [-0.05, 0) is 71.0 Å². The first-order valence-electron chi connectivity index (χ1n) is 14.0. The Labute approximate surface area is 277 Å². The van der Waals surface area contributed by atoms with Gasteiger partial charge in [0.1, 0.15) is 6.61 Å². The molecule has 0 saturated carbocycles. The highest BCUT2D eigenvalue weighted by Gasteiger charge is 2.35. The first kappa shape index (κ1) is 32.0. The van der Waals surface area contributed by atoms with E-state index in [4.69, 9.17) is 28.7 Å². The highest BCUT2D eigenvalue weighted by molar-refractivity contribution is 14.1. The Bertz CT molecular complexity index is 1960. The molecule has 9 nitrogen and oxygen atoms in total. The van der Waals surface area contributed by atoms with Crippen LogP contribution in [-0.4, -0.2) is 45.1 Å². The van der Waals surface area contributed by atoms with E-state index in [0.717, 1.165) is 14.7 Å². The highest BCUT2D eigenvalue weighted by atomic mass is 127. The van der Waals surface area contributed by atoms with Crippen LogP contribution in [0.3, 0.4) is 0 Å². The predicted octanol–water partition coefficient (Wildman–Crippen LogP) is 5.13. The molecule has 1 aliphatic rings. The van der Waals surface area contributed by atoms with Gasteiger partial charge in [-0.1, -0.05) is 60.4 Å². The maximum absolute atomic E-state index is 14.3. The van der Waals surface area contributed by atoms with Crippen LogP contribution < -0.4 is 33.8 Å². The second-order valence-electron chi connectivity index (χ2n) is 9.68. The molecule has 1 aromatic heterocycles. The van der Waals surface area contributed by atoms with Crippen molar-refractivity contribution in [2.24, 2.45) is 4.99 Å². The van der Waals surface area contributed by atoms with Gasteiger partial charge in [-0.3, -0.25) is 9.36 Å². The smallest absolute Gasteiger partial charge is 0.338 e. The average molecular weight is 739 g/mol. The number of hydrogen-bond donors (Lipinski definition) is 0. The lowest BCUT2D eigenvalue weighted by Gasteiger charge is -2.26. The lowest BCUT2D eigenvalue weighted by Crippen LogP contribution is -2.40. The normalized spacial score (nSPS) is 14.3. The summed E-state index contributed by atoms with van der Waals surface area (Å²) in [6.45, 7) is 5.93. The van der Waals surface area contributed by atoms with E-state index >= 15 is 0 Å². The number of esters is 1. The number of ether oxygens (including phenoxy) is 5. The van der Waals surface area contributed by atoms with Gasteiger partial charge in [0.05, 0.1) is 53.4 Å². The fourth-order valence-electron chi connectivity index (χ4n) is 5.04. The van der Waals surface area contributed by atoms with Gasteiger partial charge in [-0.25, -0.2) is 9.79 Å². The van der Waals surface area contributed by atoms with E-state index in [1.165, 1.54) is 18.4 Å². The number of carbonyl (C=O) groups is 1. The number of aromatic nitrogens is 1. The maximum atomic E-state index is 14.3. The Morgan fingerprint density at radius 1 is 1.02 bits per heavy atom. The van der Waals surface area contributed by atoms with E-state index in [-0.39, 0.29) is 17.7 Å². The molecule has 1 atom stereocenters. The zero-order valence-corrected chi connectivity index (χ0v) is 28.1. The standard InChI is InChI=1S/C34H31IN2O7S/c1-6-15-44-31-23(35)16-20(17-26(31)42-5)18-27-32(38)37-30(22-13-14-24(40-3)25(19-22)41-4)28(33(39)43-7-2)29(36-34(37)45-27)21-11-9-8-10-12-21/h6,8-14,16-19,30H,1,7,15H2,2-5H3/b27-18-/t30-/m1/s1. The SMILES string of the molecule is C=CCOc1c(I)cc(/C=c2\sc3n(c2=O)[C@H](c2ccc(OC)c(OC)c2)C(C(=O)OCC)=C(c2ccccc2)N=3)cc1OC. The molecule has 45 heavy (non-hydrogen) atoms. The Hall–Kier alpha value is -4.36. The molecule has 4 aromatic rings. The summed E-state index contributed by atoms with van der Waals surface area (Å²) in [5, 5.41) is 0. The van der Waals surface area contributed by atoms with Crippen LogP contribution >= 0.6 is 33.9 Å². The van der Waals surface area contributed by atoms with Crippen molar-refractivity contribution < 1.29 is 28.5 Å². The Balaban J connectivity index is 1.79. The molecule has 232 valence electrons. The van der Waals surface area contributed by atoms with Crippen molar-refractivity contribution in [2.75, 3.05) is 34.5 Å². The number of hydrogen-bond acceptors (Lipinski definition) is 9. The van der Waals surface area contributed by atoms with Gasteiger partial charge in [-0.15, -0.1) is 0 Å². The Kier molecular flexibility index (Phi) is 10.1. The van der Waals surface area contributed by atoms with Crippen LogP contribution in [0.25, 0.3) is 11.8 Å². The van der Waals surface area contributed by atoms with Crippen molar-refractivity contribution in [3.05, 3.63) is 119 Å². The van der Waals surface area contributed by atoms with Crippen molar-refractivity contribution in [2.45, 2.75) is 13.0 Å². The van der Waals surface area contributed by atoms with Gasteiger partial charge in [0.2, 0.25) is 0 Å². The van der Waals surface area contributed by atoms with Crippen LogP contribution in [-0.2, 0) is 9.53 Å². The third-order valence-corrected chi connectivity index (χ3v) is 8.78. The van der Waals surface area contributed by atoms with Crippen molar-refractivity contribution in [3.8, 4) is 23.0 Å². The van der Waals surface area contributed by atoms with Gasteiger partial charge < -0.3 is 23.7 Å². The fourth-order valence-corrected chi connectivity index (χ4v) is 6.82. The van der Waals surface area contributed by atoms with Crippen LogP contribution in [0.1, 0.15) is 29.7 Å². The van der Waals surface area contributed by atoms with Crippen LogP contribution in [0, 0.1) is 3.57 Å². The molecule has 5 rings (SSSR count). The number of halogens is 1. The predicted molar refractivity (Wildman–Crippen MR) is 182 cm³/mol. The molecule has 0 N–H and O–H groups in total. The molecule has 0 aliphatic carbocycles. The minimum atomic E-state index is -0.859. The number of rotatable bonds is 11. The summed E-state index contributed by atoms with van der Waals surface area (Å²) in [7, 11) is 4.65. The summed E-state index contributed by atoms with van der Waals surface area (Å²) in [6.07, 6.45) is 3.45. The zero-order valence-electron chi connectivity index (χ0n) is 25.2.